The van der Waals surface area contributed by atoms with Crippen molar-refractivity contribution in [1.29, 1.82) is 0 Å². The Morgan fingerprint density at radius 3 is 1.70 bits per heavy atom. The van der Waals surface area contributed by atoms with E-state index in [1.165, 1.54) is 0 Å². The Balaban J connectivity index is -0.000000245. The molecule has 0 N–H and O–H groups in total. The van der Waals surface area contributed by atoms with Crippen LogP contribution >= 0.6 is 0 Å². The fourth-order valence-electron chi connectivity index (χ4n) is 0.232. The molecule has 0 rings (SSSR count). The molecule has 0 saturated heterocycles. The number of hydrogen-bond donors (Lipinski definition) is 0. The molecule has 0 aromatic carbocycles. The van der Waals surface area contributed by atoms with Gasteiger partial charge in [-0.1, -0.05) is 0 Å². The molecule has 0 aromatic heterocycles. The molecule has 0 aliphatic carbocycles. The van der Waals surface area contributed by atoms with Gasteiger partial charge in [-0.25, -0.2) is 0 Å². The zero-order valence-electron chi connectivity index (χ0n) is 6.51. The Labute approximate surface area is 115 Å². The van der Waals surface area contributed by atoms with Gasteiger partial charge in [-0.05, 0) is 0 Å². The fraction of sp³-hybridized carbons (Fsp3) is 1.00. The smallest absolute Gasteiger partial charge is 1.00 e. The maximum atomic E-state index is 5.10. The summed E-state index contributed by atoms with van der Waals surface area (Å²) in [6.07, 6.45) is -0.132. The summed E-state index contributed by atoms with van der Waals surface area (Å²) >= 11 is -0.650. The van der Waals surface area contributed by atoms with Crippen molar-refractivity contribution in [3.05, 3.63) is 0 Å². The van der Waals surface area contributed by atoms with E-state index in [-0.39, 0.29) is 65.4 Å². The molecule has 52 valence electrons. The monoisotopic (exact) mass is 182 g/mol. The van der Waals surface area contributed by atoms with Crippen LogP contribution in [0.4, 0.5) is 0 Å². The van der Waals surface area contributed by atoms with Crippen LogP contribution in [0.25, 0.3) is 0 Å². The van der Waals surface area contributed by atoms with E-state index in [2.05, 4.69) is 0 Å². The van der Waals surface area contributed by atoms with E-state index in [9.17, 15) is 0 Å². The Bertz CT molecular complexity index is 53.8. The van der Waals surface area contributed by atoms with E-state index < -0.39 is 16.6 Å². The first-order chi connectivity index (χ1) is 3.85. The van der Waals surface area contributed by atoms with Gasteiger partial charge in [0.1, 0.15) is 0 Å². The molecule has 3 nitrogen and oxygen atoms in total. The van der Waals surface area contributed by atoms with Crippen molar-refractivity contribution in [1.82, 2.24) is 0 Å². The first-order valence-electron chi connectivity index (χ1n) is 1.98. The Kier molecular flexibility index (Phi) is 25.5. The van der Waals surface area contributed by atoms with Gasteiger partial charge in [-0.15, -0.1) is 0 Å². The average molecular weight is 182 g/mol. The van der Waals surface area contributed by atoms with Crippen molar-refractivity contribution in [2.24, 2.45) is 0 Å². The molecule has 0 aromatic rings. The summed E-state index contributed by atoms with van der Waals surface area (Å²) in [5, 5.41) is 0. The summed E-state index contributed by atoms with van der Waals surface area (Å²) in [4.78, 5) is 0. The molecule has 0 spiro atoms. The summed E-state index contributed by atoms with van der Waals surface area (Å²) in [7, 11) is 3.23. The van der Waals surface area contributed by atoms with Gasteiger partial charge < -0.3 is 0 Å². The molecule has 6 heteroatoms. The molecule has 0 fully saturated rings. The first-order valence-corrected chi connectivity index (χ1v) is 1.98. The van der Waals surface area contributed by atoms with E-state index in [1.54, 1.807) is 14.2 Å². The van der Waals surface area contributed by atoms with Crippen LogP contribution in [-0.2, 0) is 13.3 Å². The van der Waals surface area contributed by atoms with Gasteiger partial charge in [0.2, 0.25) is 0 Å². The summed E-state index contributed by atoms with van der Waals surface area (Å²) in [6, 6.07) is 0. The standard InChI is InChI=1S/C4H9O3.Al.2Na.4H/c1-6-4(3-5)7-2;;;;;;;/h4H,3H2,1-2H3;;;;;;;/q2*-1;2*+1;;;;. The van der Waals surface area contributed by atoms with Gasteiger partial charge in [-0.3, -0.25) is 0 Å². The molecule has 0 saturated carbocycles. The SMILES string of the molecule is COC(C[O][AlH4-2])OC.[Na+].[Na+]. The minimum absolute atomic E-state index is 0. The van der Waals surface area contributed by atoms with Gasteiger partial charge in [0.15, 0.2) is 0 Å². The molecule has 0 amide bonds. The van der Waals surface area contributed by atoms with E-state index in [1.807, 2.05) is 0 Å². The van der Waals surface area contributed by atoms with Crippen LogP contribution in [0.3, 0.4) is 0 Å². The van der Waals surface area contributed by atoms with Crippen molar-refractivity contribution in [3.63, 3.8) is 0 Å². The van der Waals surface area contributed by atoms with Crippen molar-refractivity contribution < 1.29 is 72.4 Å². The van der Waals surface area contributed by atoms with Gasteiger partial charge in [0.05, 0.1) is 0 Å². The Morgan fingerprint density at radius 2 is 1.60 bits per heavy atom. The van der Waals surface area contributed by atoms with E-state index in [0.717, 1.165) is 0 Å². The average Bonchev–Trinajstić information content (AvgIpc) is 1.83. The molecule has 0 unspecified atom stereocenters. The van der Waals surface area contributed by atoms with Crippen LogP contribution in [0, 0.1) is 0 Å². The molecule has 0 bridgehead atoms. The maximum Gasteiger partial charge on any atom is 1.00 e. The van der Waals surface area contributed by atoms with E-state index >= 15 is 0 Å². The van der Waals surface area contributed by atoms with Crippen molar-refractivity contribution in [2.75, 3.05) is 20.8 Å². The molecule has 0 atom stereocenters. The predicted octanol–water partition coefficient (Wildman–Crippen LogP) is -7.36. The quantitative estimate of drug-likeness (QED) is 0.319. The van der Waals surface area contributed by atoms with Crippen molar-refractivity contribution in [2.45, 2.75) is 6.29 Å². The van der Waals surface area contributed by atoms with Crippen LogP contribution < -0.4 is 59.1 Å². The zero-order valence-corrected chi connectivity index (χ0v) is 10.5. The number of hydrogen-bond acceptors (Lipinski definition) is 3. The van der Waals surface area contributed by atoms with Crippen LogP contribution in [0.15, 0.2) is 0 Å². The van der Waals surface area contributed by atoms with Gasteiger partial charge in [0, 0.05) is 0 Å². The fourth-order valence-corrected chi connectivity index (χ4v) is 0.232. The maximum absolute atomic E-state index is 5.10. The van der Waals surface area contributed by atoms with Gasteiger partial charge in [-0.2, -0.15) is 0 Å². The van der Waals surface area contributed by atoms with Crippen LogP contribution in [-0.4, -0.2) is 43.7 Å². The van der Waals surface area contributed by atoms with Crippen LogP contribution in [0.2, 0.25) is 0 Å². The van der Waals surface area contributed by atoms with E-state index in [0.29, 0.717) is 6.61 Å². The summed E-state index contributed by atoms with van der Waals surface area (Å²) in [5.74, 6) is 0. The molecule has 10 heavy (non-hydrogen) atoms. The van der Waals surface area contributed by atoms with Gasteiger partial charge >= 0.3 is 116 Å². The molecule has 0 aliphatic rings. The second-order valence-electron chi connectivity index (χ2n) is 1.07. The zero-order chi connectivity index (χ0) is 6.41. The third kappa shape index (κ3) is 10.4. The third-order valence-electron chi connectivity index (χ3n) is 0.662. The third-order valence-corrected chi connectivity index (χ3v) is 0.662. The number of methoxy groups -OCH3 is 2. The van der Waals surface area contributed by atoms with Crippen LogP contribution in [0.1, 0.15) is 0 Å². The minimum atomic E-state index is -0.650. The summed E-state index contributed by atoms with van der Waals surface area (Å²) in [5.41, 5.74) is 0. The second-order valence-corrected chi connectivity index (χ2v) is 1.07. The Morgan fingerprint density at radius 1 is 1.20 bits per heavy atom. The normalized spacial score (nSPS) is 8.50. The number of ether oxygens (including phenoxy) is 2. The molecule has 0 radical (unpaired) electrons. The number of rotatable bonds is 4. The second kappa shape index (κ2) is 14.0. The predicted molar refractivity (Wildman–Crippen MR) is 35.1 cm³/mol. The van der Waals surface area contributed by atoms with E-state index in [4.69, 9.17) is 13.3 Å². The van der Waals surface area contributed by atoms with Crippen LogP contribution in [0.5, 0.6) is 0 Å². The molecular weight excluding hydrogens is 169 g/mol. The van der Waals surface area contributed by atoms with Crippen molar-refractivity contribution >= 4 is 16.6 Å². The molecular formula is C4H13AlNa2O3. The molecule has 0 aliphatic heterocycles. The Hall–Kier alpha value is 2.41. The van der Waals surface area contributed by atoms with Gasteiger partial charge in [0.25, 0.3) is 0 Å². The molecule has 0 heterocycles. The minimum Gasteiger partial charge on any atom is 1.00 e. The largest absolute Gasteiger partial charge is 1.00 e. The topological polar surface area (TPSA) is 27.7 Å². The first kappa shape index (κ1) is 18.2. The summed E-state index contributed by atoms with van der Waals surface area (Å²) < 4.78 is 14.8. The summed E-state index contributed by atoms with van der Waals surface area (Å²) in [6.45, 7) is 0.640. The van der Waals surface area contributed by atoms with Crippen molar-refractivity contribution in [3.8, 4) is 0 Å².